The van der Waals surface area contributed by atoms with Crippen LogP contribution >= 0.6 is 0 Å². The van der Waals surface area contributed by atoms with E-state index >= 15 is 0 Å². The van der Waals surface area contributed by atoms with E-state index < -0.39 is 0 Å². The van der Waals surface area contributed by atoms with E-state index in [1.54, 1.807) is 11.1 Å². The molecule has 1 N–H and O–H groups in total. The first-order valence-corrected chi connectivity index (χ1v) is 6.61. The number of benzene rings is 1. The maximum absolute atomic E-state index is 3.59. The second-order valence-corrected chi connectivity index (χ2v) is 5.49. The molecule has 1 fully saturated rings. The molecule has 3 rings (SSSR count). The van der Waals surface area contributed by atoms with Crippen LogP contribution in [-0.2, 0) is 6.42 Å². The zero-order chi connectivity index (χ0) is 11.0. The monoisotopic (exact) mass is 215 g/mol. The van der Waals surface area contributed by atoms with E-state index in [9.17, 15) is 0 Å². The molecule has 0 unspecified atom stereocenters. The van der Waals surface area contributed by atoms with Gasteiger partial charge in [0.15, 0.2) is 0 Å². The molecule has 1 saturated carbocycles. The van der Waals surface area contributed by atoms with Crippen LogP contribution in [0.4, 0.5) is 0 Å². The summed E-state index contributed by atoms with van der Waals surface area (Å²) in [5.41, 5.74) is 3.71. The molecule has 86 valence electrons. The summed E-state index contributed by atoms with van der Waals surface area (Å²) in [4.78, 5) is 0. The van der Waals surface area contributed by atoms with Crippen molar-refractivity contribution in [3.63, 3.8) is 0 Å². The van der Waals surface area contributed by atoms with E-state index in [2.05, 4.69) is 36.6 Å². The number of hydrogen-bond donors (Lipinski definition) is 1. The molecule has 0 aliphatic heterocycles. The Hall–Kier alpha value is -0.820. The first kappa shape index (κ1) is 10.3. The Balaban J connectivity index is 2.03. The lowest BCUT2D eigenvalue weighted by atomic mass is 9.67. The van der Waals surface area contributed by atoms with Gasteiger partial charge < -0.3 is 5.32 Å². The Morgan fingerprint density at radius 2 is 1.88 bits per heavy atom. The van der Waals surface area contributed by atoms with Crippen LogP contribution in [-0.4, -0.2) is 7.05 Å². The molecule has 0 saturated heterocycles. The molecule has 16 heavy (non-hydrogen) atoms. The van der Waals surface area contributed by atoms with Gasteiger partial charge >= 0.3 is 0 Å². The maximum atomic E-state index is 3.59. The number of aryl methyl sites for hydroxylation is 1. The van der Waals surface area contributed by atoms with Crippen molar-refractivity contribution in [3.8, 4) is 0 Å². The number of hydrogen-bond acceptors (Lipinski definition) is 1. The molecular formula is C15H21N. The van der Waals surface area contributed by atoms with Gasteiger partial charge in [0.25, 0.3) is 0 Å². The zero-order valence-corrected chi connectivity index (χ0v) is 10.1. The van der Waals surface area contributed by atoms with Crippen molar-refractivity contribution in [1.82, 2.24) is 5.32 Å². The van der Waals surface area contributed by atoms with Crippen molar-refractivity contribution in [3.05, 3.63) is 35.4 Å². The Bertz CT molecular complexity index is 377. The molecule has 0 aromatic heterocycles. The number of rotatable bonds is 1. The zero-order valence-electron chi connectivity index (χ0n) is 10.1. The maximum Gasteiger partial charge on any atom is 0.0377 e. The van der Waals surface area contributed by atoms with Crippen LogP contribution < -0.4 is 5.32 Å². The highest BCUT2D eigenvalue weighted by molar-refractivity contribution is 5.34. The number of nitrogens with one attached hydrogen (secondary N) is 1. The van der Waals surface area contributed by atoms with E-state index in [1.165, 1.54) is 38.5 Å². The second-order valence-electron chi connectivity index (χ2n) is 5.49. The van der Waals surface area contributed by atoms with Crippen LogP contribution in [0.1, 0.15) is 49.3 Å². The molecule has 1 spiro atoms. The average Bonchev–Trinajstić information content (AvgIpc) is 2.78. The lowest BCUT2D eigenvalue weighted by Gasteiger charge is -2.42. The minimum Gasteiger partial charge on any atom is -0.313 e. The van der Waals surface area contributed by atoms with Crippen molar-refractivity contribution >= 4 is 0 Å². The van der Waals surface area contributed by atoms with Crippen LogP contribution in [0.2, 0.25) is 0 Å². The minimum atomic E-state index is 0.573. The normalized spacial score (nSPS) is 26.9. The molecule has 1 atom stereocenters. The van der Waals surface area contributed by atoms with Gasteiger partial charge in [-0.15, -0.1) is 0 Å². The van der Waals surface area contributed by atoms with Crippen molar-refractivity contribution in [2.24, 2.45) is 5.41 Å². The summed E-state index contributed by atoms with van der Waals surface area (Å²) < 4.78 is 0. The van der Waals surface area contributed by atoms with Crippen LogP contribution in [0.15, 0.2) is 24.3 Å². The fraction of sp³-hybridized carbons (Fsp3) is 0.600. The first-order valence-electron chi connectivity index (χ1n) is 6.61. The molecule has 0 radical (unpaired) electrons. The third-order valence-corrected chi connectivity index (χ3v) is 4.76. The van der Waals surface area contributed by atoms with E-state index in [-0.39, 0.29) is 0 Å². The Kier molecular flexibility index (Phi) is 2.51. The standard InChI is InChI=1S/C15H21N/c1-16-14-13-7-3-2-6-12(13)8-11-15(14)9-4-5-10-15/h2-3,6-7,14,16H,4-5,8-11H2,1H3/t14-/m0/s1. The van der Waals surface area contributed by atoms with E-state index in [4.69, 9.17) is 0 Å². The van der Waals surface area contributed by atoms with E-state index in [1.807, 2.05) is 0 Å². The van der Waals surface area contributed by atoms with Gasteiger partial charge in [-0.2, -0.15) is 0 Å². The molecule has 0 amide bonds. The van der Waals surface area contributed by atoms with E-state index in [0.29, 0.717) is 11.5 Å². The SMILES string of the molecule is CN[C@H]1c2ccccc2CCC12CCCC2. The third-order valence-electron chi connectivity index (χ3n) is 4.76. The molecule has 0 heterocycles. The van der Waals surface area contributed by atoms with Crippen molar-refractivity contribution in [2.45, 2.75) is 44.6 Å². The number of fused-ring (bicyclic) bond motifs is 1. The van der Waals surface area contributed by atoms with Crippen molar-refractivity contribution in [1.29, 1.82) is 0 Å². The molecule has 1 nitrogen and oxygen atoms in total. The van der Waals surface area contributed by atoms with E-state index in [0.717, 1.165) is 0 Å². The summed E-state index contributed by atoms with van der Waals surface area (Å²) in [6.07, 6.45) is 8.38. The van der Waals surface area contributed by atoms with Crippen LogP contribution in [0.5, 0.6) is 0 Å². The lowest BCUT2D eigenvalue weighted by molar-refractivity contribution is 0.172. The van der Waals surface area contributed by atoms with Crippen molar-refractivity contribution in [2.75, 3.05) is 7.05 Å². The quantitative estimate of drug-likeness (QED) is 0.756. The summed E-state index contributed by atoms with van der Waals surface area (Å²) >= 11 is 0. The highest BCUT2D eigenvalue weighted by atomic mass is 14.9. The molecule has 0 bridgehead atoms. The molecule has 1 aromatic carbocycles. The first-order chi connectivity index (χ1) is 7.86. The molecular weight excluding hydrogens is 194 g/mol. The summed E-state index contributed by atoms with van der Waals surface area (Å²) in [5, 5.41) is 3.59. The average molecular weight is 215 g/mol. The second kappa shape index (κ2) is 3.89. The molecule has 1 heteroatoms. The predicted molar refractivity (Wildman–Crippen MR) is 67.5 cm³/mol. The largest absolute Gasteiger partial charge is 0.313 e. The molecule has 2 aliphatic carbocycles. The Morgan fingerprint density at radius 1 is 1.12 bits per heavy atom. The van der Waals surface area contributed by atoms with Gasteiger partial charge in [-0.1, -0.05) is 37.1 Å². The van der Waals surface area contributed by atoms with Crippen LogP contribution in [0, 0.1) is 5.41 Å². The fourth-order valence-electron chi connectivity index (χ4n) is 3.98. The van der Waals surface area contributed by atoms with Gasteiger partial charge in [-0.05, 0) is 49.3 Å². The Labute approximate surface area is 98.3 Å². The van der Waals surface area contributed by atoms with Gasteiger partial charge in [0.1, 0.15) is 0 Å². The summed E-state index contributed by atoms with van der Waals surface area (Å²) in [7, 11) is 2.13. The Morgan fingerprint density at radius 3 is 2.62 bits per heavy atom. The molecule has 1 aromatic rings. The van der Waals surface area contributed by atoms with Gasteiger partial charge in [-0.25, -0.2) is 0 Å². The lowest BCUT2D eigenvalue weighted by Crippen LogP contribution is -2.38. The van der Waals surface area contributed by atoms with Gasteiger partial charge in [0.05, 0.1) is 0 Å². The highest BCUT2D eigenvalue weighted by Gasteiger charge is 2.43. The summed E-state index contributed by atoms with van der Waals surface area (Å²) in [6.45, 7) is 0. The van der Waals surface area contributed by atoms with Crippen molar-refractivity contribution < 1.29 is 0 Å². The molecule has 2 aliphatic rings. The summed E-state index contributed by atoms with van der Waals surface area (Å²) in [6, 6.07) is 9.60. The topological polar surface area (TPSA) is 12.0 Å². The third kappa shape index (κ3) is 1.41. The van der Waals surface area contributed by atoms with Gasteiger partial charge in [0.2, 0.25) is 0 Å². The minimum absolute atomic E-state index is 0.573. The highest BCUT2D eigenvalue weighted by Crippen LogP contribution is 2.53. The predicted octanol–water partition coefficient (Wildman–Crippen LogP) is 3.45. The van der Waals surface area contributed by atoms with Gasteiger partial charge in [0, 0.05) is 6.04 Å². The summed E-state index contributed by atoms with van der Waals surface area (Å²) in [5.74, 6) is 0. The van der Waals surface area contributed by atoms with Gasteiger partial charge in [-0.3, -0.25) is 0 Å². The fourth-order valence-corrected chi connectivity index (χ4v) is 3.98. The van der Waals surface area contributed by atoms with Crippen LogP contribution in [0.3, 0.4) is 0 Å². The smallest absolute Gasteiger partial charge is 0.0377 e. The van der Waals surface area contributed by atoms with Crippen LogP contribution in [0.25, 0.3) is 0 Å².